The van der Waals surface area contributed by atoms with Crippen LogP contribution in [0.1, 0.15) is 11.5 Å². The van der Waals surface area contributed by atoms with Gasteiger partial charge >= 0.3 is 0 Å². The first-order chi connectivity index (χ1) is 11.1. The first kappa shape index (κ1) is 14.9. The second-order valence-electron chi connectivity index (χ2n) is 4.97. The summed E-state index contributed by atoms with van der Waals surface area (Å²) in [6.07, 6.45) is 3.29. The van der Waals surface area contributed by atoms with Crippen LogP contribution in [0.2, 0.25) is 0 Å². The largest absolute Gasteiger partial charge is 0.441 e. The molecule has 3 aromatic rings. The molecule has 1 N–H and O–H groups in total. The monoisotopic (exact) mass is 311 g/mol. The number of benzene rings is 1. The number of rotatable bonds is 4. The number of hydrogen-bond donors (Lipinski definition) is 1. The lowest BCUT2D eigenvalue weighted by Crippen LogP contribution is -2.16. The highest BCUT2D eigenvalue weighted by atomic mass is 19.1. The molecule has 3 rings (SSSR count). The van der Waals surface area contributed by atoms with Crippen molar-refractivity contribution in [2.24, 2.45) is 0 Å². The highest BCUT2D eigenvalue weighted by Crippen LogP contribution is 2.21. The molecule has 0 atom stereocenters. The first-order valence-electron chi connectivity index (χ1n) is 7.04. The normalized spacial score (nSPS) is 10.5. The van der Waals surface area contributed by atoms with Gasteiger partial charge in [-0.1, -0.05) is 12.1 Å². The molecule has 0 saturated carbocycles. The van der Waals surface area contributed by atoms with E-state index in [4.69, 9.17) is 4.42 Å². The predicted molar refractivity (Wildman–Crippen MR) is 83.2 cm³/mol. The molecule has 1 amide bonds. The van der Waals surface area contributed by atoms with E-state index >= 15 is 0 Å². The number of nitrogens with zero attached hydrogens (tertiary/aromatic N) is 2. The van der Waals surface area contributed by atoms with Crippen LogP contribution in [0.5, 0.6) is 0 Å². The lowest BCUT2D eigenvalue weighted by atomic mass is 10.2. The van der Waals surface area contributed by atoms with Gasteiger partial charge in [-0.2, -0.15) is 0 Å². The molecule has 0 radical (unpaired) electrons. The summed E-state index contributed by atoms with van der Waals surface area (Å²) in [4.78, 5) is 20.4. The number of aromatic nitrogens is 2. The van der Waals surface area contributed by atoms with Gasteiger partial charge in [-0.05, 0) is 31.2 Å². The number of oxazole rings is 1. The molecule has 0 aliphatic carbocycles. The highest BCUT2D eigenvalue weighted by Gasteiger charge is 2.15. The Hall–Kier alpha value is -3.02. The summed E-state index contributed by atoms with van der Waals surface area (Å²) in [5.74, 6) is 0.120. The molecular weight excluding hydrogens is 297 g/mol. The number of carbonyl (C=O) groups excluding carboxylic acids is 1. The smallest absolute Gasteiger partial charge is 0.230 e. The van der Waals surface area contributed by atoms with Crippen LogP contribution >= 0.6 is 0 Å². The molecule has 0 fully saturated rings. The van der Waals surface area contributed by atoms with E-state index in [1.807, 2.05) is 6.07 Å². The number of aryl methyl sites for hydroxylation is 1. The Labute approximate surface area is 132 Å². The molecule has 0 saturated heterocycles. The van der Waals surface area contributed by atoms with Crippen LogP contribution in [0.3, 0.4) is 0 Å². The number of para-hydroxylation sites is 1. The molecule has 2 heterocycles. The summed E-state index contributed by atoms with van der Waals surface area (Å²) in [6.45, 7) is 1.73. The summed E-state index contributed by atoms with van der Waals surface area (Å²) in [5.41, 5.74) is 1.39. The molecule has 116 valence electrons. The average Bonchev–Trinajstić information content (AvgIpc) is 2.91. The number of nitrogens with one attached hydrogen (secondary N) is 1. The van der Waals surface area contributed by atoms with E-state index in [0.717, 1.165) is 5.56 Å². The minimum atomic E-state index is -0.478. The van der Waals surface area contributed by atoms with E-state index in [1.54, 1.807) is 37.5 Å². The lowest BCUT2D eigenvalue weighted by Gasteiger charge is -2.04. The maximum absolute atomic E-state index is 13.5. The summed E-state index contributed by atoms with van der Waals surface area (Å²) in [6, 6.07) is 9.61. The zero-order valence-corrected chi connectivity index (χ0v) is 12.4. The van der Waals surface area contributed by atoms with Crippen LogP contribution < -0.4 is 5.32 Å². The number of carbonyl (C=O) groups is 1. The van der Waals surface area contributed by atoms with Gasteiger partial charge in [0.25, 0.3) is 0 Å². The molecule has 0 unspecified atom stereocenters. The summed E-state index contributed by atoms with van der Waals surface area (Å²) in [7, 11) is 0. The Bertz CT molecular complexity index is 831. The first-order valence-corrected chi connectivity index (χ1v) is 7.04. The highest BCUT2D eigenvalue weighted by molar-refractivity contribution is 5.92. The van der Waals surface area contributed by atoms with Gasteiger partial charge in [-0.3, -0.25) is 9.78 Å². The SMILES string of the molecule is Cc1oc(-c2cccnc2)nc1CC(=O)Nc1ccccc1F. The molecule has 0 spiro atoms. The molecule has 0 aliphatic heterocycles. The molecule has 0 bridgehead atoms. The molecule has 5 nitrogen and oxygen atoms in total. The van der Waals surface area contributed by atoms with Gasteiger partial charge in [0.05, 0.1) is 23.4 Å². The fraction of sp³-hybridized carbons (Fsp3) is 0.118. The van der Waals surface area contributed by atoms with Gasteiger partial charge in [-0.25, -0.2) is 9.37 Å². The maximum atomic E-state index is 13.5. The van der Waals surface area contributed by atoms with E-state index in [0.29, 0.717) is 17.3 Å². The van der Waals surface area contributed by atoms with Crippen molar-refractivity contribution in [3.63, 3.8) is 0 Å². The van der Waals surface area contributed by atoms with Crippen molar-refractivity contribution < 1.29 is 13.6 Å². The van der Waals surface area contributed by atoms with Crippen molar-refractivity contribution in [3.8, 4) is 11.5 Å². The second-order valence-corrected chi connectivity index (χ2v) is 4.97. The molecule has 1 aromatic carbocycles. The molecular formula is C17H14FN3O2. The molecule has 2 aromatic heterocycles. The van der Waals surface area contributed by atoms with Crippen molar-refractivity contribution in [3.05, 3.63) is 66.1 Å². The quantitative estimate of drug-likeness (QED) is 0.802. The van der Waals surface area contributed by atoms with E-state index in [2.05, 4.69) is 15.3 Å². The fourth-order valence-corrected chi connectivity index (χ4v) is 2.11. The van der Waals surface area contributed by atoms with E-state index in [9.17, 15) is 9.18 Å². The van der Waals surface area contributed by atoms with Crippen LogP contribution in [-0.2, 0) is 11.2 Å². The van der Waals surface area contributed by atoms with Crippen LogP contribution in [0.15, 0.2) is 53.2 Å². The lowest BCUT2D eigenvalue weighted by molar-refractivity contribution is -0.115. The van der Waals surface area contributed by atoms with Gasteiger partial charge < -0.3 is 9.73 Å². The van der Waals surface area contributed by atoms with Crippen molar-refractivity contribution >= 4 is 11.6 Å². The summed E-state index contributed by atoms with van der Waals surface area (Å²) >= 11 is 0. The van der Waals surface area contributed by atoms with E-state index in [-0.39, 0.29) is 18.0 Å². The average molecular weight is 311 g/mol. The predicted octanol–water partition coefficient (Wildman–Crippen LogP) is 3.37. The maximum Gasteiger partial charge on any atom is 0.230 e. The number of pyridine rings is 1. The molecule has 0 aliphatic rings. The minimum Gasteiger partial charge on any atom is -0.441 e. The van der Waals surface area contributed by atoms with Gasteiger partial charge in [-0.15, -0.1) is 0 Å². The van der Waals surface area contributed by atoms with Gasteiger partial charge in [0.15, 0.2) is 0 Å². The van der Waals surface area contributed by atoms with Crippen LogP contribution in [0.25, 0.3) is 11.5 Å². The van der Waals surface area contributed by atoms with Crippen molar-refractivity contribution in [2.45, 2.75) is 13.3 Å². The van der Waals surface area contributed by atoms with Crippen LogP contribution in [0, 0.1) is 12.7 Å². The zero-order chi connectivity index (χ0) is 16.2. The fourth-order valence-electron chi connectivity index (χ4n) is 2.11. The standard InChI is InChI=1S/C17H14FN3O2/c1-11-15(21-17(23-11)12-5-4-8-19-10-12)9-16(22)20-14-7-3-2-6-13(14)18/h2-8,10H,9H2,1H3,(H,20,22). The zero-order valence-electron chi connectivity index (χ0n) is 12.4. The number of halogens is 1. The van der Waals surface area contributed by atoms with E-state index in [1.165, 1.54) is 12.1 Å². The van der Waals surface area contributed by atoms with Crippen LogP contribution in [-0.4, -0.2) is 15.9 Å². The van der Waals surface area contributed by atoms with Crippen molar-refractivity contribution in [1.29, 1.82) is 0 Å². The number of anilines is 1. The van der Waals surface area contributed by atoms with Crippen molar-refractivity contribution in [1.82, 2.24) is 9.97 Å². The Balaban J connectivity index is 1.74. The third kappa shape index (κ3) is 3.42. The Morgan fingerprint density at radius 1 is 1.26 bits per heavy atom. The summed E-state index contributed by atoms with van der Waals surface area (Å²) < 4.78 is 19.1. The number of hydrogen-bond acceptors (Lipinski definition) is 4. The Morgan fingerprint density at radius 3 is 2.83 bits per heavy atom. The van der Waals surface area contributed by atoms with E-state index < -0.39 is 5.82 Å². The molecule has 6 heteroatoms. The Morgan fingerprint density at radius 2 is 2.09 bits per heavy atom. The van der Waals surface area contributed by atoms with Gasteiger partial charge in [0.2, 0.25) is 11.8 Å². The van der Waals surface area contributed by atoms with Crippen LogP contribution in [0.4, 0.5) is 10.1 Å². The summed E-state index contributed by atoms with van der Waals surface area (Å²) in [5, 5.41) is 2.53. The third-order valence-corrected chi connectivity index (χ3v) is 3.28. The minimum absolute atomic E-state index is 0.00390. The third-order valence-electron chi connectivity index (χ3n) is 3.28. The van der Waals surface area contributed by atoms with Gasteiger partial charge in [0.1, 0.15) is 11.6 Å². The Kier molecular flexibility index (Phi) is 4.14. The molecule has 23 heavy (non-hydrogen) atoms. The number of amides is 1. The van der Waals surface area contributed by atoms with Crippen molar-refractivity contribution in [2.75, 3.05) is 5.32 Å². The topological polar surface area (TPSA) is 68.0 Å². The van der Waals surface area contributed by atoms with Gasteiger partial charge in [0, 0.05) is 12.4 Å². The second kappa shape index (κ2) is 6.39.